The molecule has 0 aromatic rings. The van der Waals surface area contributed by atoms with E-state index < -0.39 is 0 Å². The number of hydrogen-bond donors (Lipinski definition) is 1. The first-order valence-corrected chi connectivity index (χ1v) is 3.28. The minimum absolute atomic E-state index is 0.00116. The number of hydrogen-bond acceptors (Lipinski definition) is 2. The lowest BCUT2D eigenvalue weighted by Crippen LogP contribution is -2.49. The average molecular weight is 140 g/mol. The summed E-state index contributed by atoms with van der Waals surface area (Å²) in [5.41, 5.74) is 2.47. The van der Waals surface area contributed by atoms with Crippen molar-refractivity contribution < 1.29 is 9.59 Å². The van der Waals surface area contributed by atoms with Crippen LogP contribution < -0.4 is 5.43 Å². The van der Waals surface area contributed by atoms with Crippen LogP contribution in [0.5, 0.6) is 0 Å². The predicted molar refractivity (Wildman–Crippen MR) is 32.5 cm³/mol. The molecule has 2 atom stereocenters. The van der Waals surface area contributed by atoms with E-state index in [4.69, 9.17) is 0 Å². The monoisotopic (exact) mass is 140 g/mol. The van der Waals surface area contributed by atoms with Gasteiger partial charge in [0.2, 0.25) is 11.8 Å². The molecule has 1 N–H and O–H groups in total. The van der Waals surface area contributed by atoms with Crippen molar-refractivity contribution in [2.45, 2.75) is 6.42 Å². The molecule has 4 nitrogen and oxygen atoms in total. The van der Waals surface area contributed by atoms with Crippen LogP contribution in [0.1, 0.15) is 6.42 Å². The number of rotatable bonds is 0. The van der Waals surface area contributed by atoms with Gasteiger partial charge in [-0.2, -0.15) is 0 Å². The van der Waals surface area contributed by atoms with Crippen molar-refractivity contribution in [2.24, 2.45) is 11.8 Å². The Bertz CT molecular complexity index is 210. The molecule has 1 heterocycles. The highest BCUT2D eigenvalue weighted by Crippen LogP contribution is 2.41. The second-order valence-electron chi connectivity index (χ2n) is 2.82. The first kappa shape index (κ1) is 5.70. The van der Waals surface area contributed by atoms with E-state index in [0.29, 0.717) is 0 Å². The molecular weight excluding hydrogens is 132 g/mol. The summed E-state index contributed by atoms with van der Waals surface area (Å²) in [5, 5.41) is 1.27. The highest BCUT2D eigenvalue weighted by molar-refractivity contribution is 5.96. The minimum atomic E-state index is -0.0105. The lowest BCUT2D eigenvalue weighted by molar-refractivity contribution is -0.146. The molecule has 0 spiro atoms. The molecule has 2 rings (SSSR count). The van der Waals surface area contributed by atoms with Gasteiger partial charge >= 0.3 is 0 Å². The van der Waals surface area contributed by atoms with Crippen LogP contribution in [-0.2, 0) is 9.59 Å². The highest BCUT2D eigenvalue weighted by Gasteiger charge is 2.53. The second-order valence-corrected chi connectivity index (χ2v) is 2.82. The van der Waals surface area contributed by atoms with E-state index in [-0.39, 0.29) is 23.7 Å². The summed E-state index contributed by atoms with van der Waals surface area (Å²) in [7, 11) is 1.58. The van der Waals surface area contributed by atoms with E-state index in [1.807, 2.05) is 0 Å². The zero-order valence-corrected chi connectivity index (χ0v) is 5.63. The van der Waals surface area contributed by atoms with Crippen molar-refractivity contribution in [3.05, 3.63) is 0 Å². The van der Waals surface area contributed by atoms with Crippen LogP contribution in [0, 0.1) is 11.8 Å². The first-order valence-electron chi connectivity index (χ1n) is 3.28. The molecule has 0 radical (unpaired) electrons. The normalized spacial score (nSPS) is 37.1. The van der Waals surface area contributed by atoms with Crippen LogP contribution in [0.2, 0.25) is 0 Å². The lowest BCUT2D eigenvalue weighted by Gasteiger charge is -2.21. The van der Waals surface area contributed by atoms with Gasteiger partial charge in [-0.25, -0.2) is 0 Å². The maximum absolute atomic E-state index is 11.0. The smallest absolute Gasteiger partial charge is 0.244 e. The van der Waals surface area contributed by atoms with Gasteiger partial charge in [0.15, 0.2) is 0 Å². The molecule has 0 unspecified atom stereocenters. The molecule has 2 fully saturated rings. The van der Waals surface area contributed by atoms with Crippen molar-refractivity contribution in [1.29, 1.82) is 0 Å². The van der Waals surface area contributed by atoms with E-state index in [0.717, 1.165) is 6.42 Å². The summed E-state index contributed by atoms with van der Waals surface area (Å²) in [5.74, 6) is 0.0270. The number of carbonyl (C=O) groups excluding carboxylic acids is 2. The Morgan fingerprint density at radius 3 is 2.90 bits per heavy atom. The average Bonchev–Trinajstić information content (AvgIpc) is 2.61. The summed E-state index contributed by atoms with van der Waals surface area (Å²) in [6.45, 7) is 0. The van der Waals surface area contributed by atoms with Crippen molar-refractivity contribution in [2.75, 3.05) is 7.05 Å². The molecule has 10 heavy (non-hydrogen) atoms. The van der Waals surface area contributed by atoms with Crippen LogP contribution in [0.15, 0.2) is 0 Å². The number of hydrazine groups is 1. The molecule has 0 bridgehead atoms. The fraction of sp³-hybridized carbons (Fsp3) is 0.667. The SMILES string of the molecule is CN1NC(=O)[C@@H]2C[C@@H]2C1=O. The molecule has 0 aromatic heterocycles. The Balaban J connectivity index is 2.20. The third-order valence-electron chi connectivity index (χ3n) is 2.05. The second kappa shape index (κ2) is 1.51. The quantitative estimate of drug-likeness (QED) is 0.475. The van der Waals surface area contributed by atoms with Crippen LogP contribution in [0.4, 0.5) is 0 Å². The summed E-state index contributed by atoms with van der Waals surface area (Å²) < 4.78 is 0. The van der Waals surface area contributed by atoms with E-state index in [1.165, 1.54) is 5.01 Å². The molecule has 1 saturated heterocycles. The van der Waals surface area contributed by atoms with Crippen molar-refractivity contribution in [1.82, 2.24) is 10.4 Å². The lowest BCUT2D eigenvalue weighted by atomic mass is 10.2. The molecule has 1 aliphatic heterocycles. The molecule has 4 heteroatoms. The van der Waals surface area contributed by atoms with Crippen molar-refractivity contribution in [3.8, 4) is 0 Å². The van der Waals surface area contributed by atoms with Gasteiger partial charge in [-0.05, 0) is 6.42 Å². The minimum Gasteiger partial charge on any atom is -0.273 e. The fourth-order valence-electron chi connectivity index (χ4n) is 1.31. The first-order chi connectivity index (χ1) is 4.70. The van der Waals surface area contributed by atoms with Gasteiger partial charge in [0, 0.05) is 7.05 Å². The van der Waals surface area contributed by atoms with E-state index >= 15 is 0 Å². The van der Waals surface area contributed by atoms with Gasteiger partial charge in [0.05, 0.1) is 11.8 Å². The number of carbonyl (C=O) groups is 2. The van der Waals surface area contributed by atoms with Gasteiger partial charge < -0.3 is 0 Å². The third-order valence-corrected chi connectivity index (χ3v) is 2.05. The topological polar surface area (TPSA) is 49.4 Å². The fourth-order valence-corrected chi connectivity index (χ4v) is 1.31. The van der Waals surface area contributed by atoms with Gasteiger partial charge in [-0.1, -0.05) is 0 Å². The molecular formula is C6H8N2O2. The molecule has 1 aliphatic carbocycles. The zero-order valence-electron chi connectivity index (χ0n) is 5.63. The summed E-state index contributed by atoms with van der Waals surface area (Å²) >= 11 is 0. The summed E-state index contributed by atoms with van der Waals surface area (Å²) in [4.78, 5) is 21.9. The maximum Gasteiger partial charge on any atom is 0.244 e. The van der Waals surface area contributed by atoms with Crippen LogP contribution in [0.3, 0.4) is 0 Å². The summed E-state index contributed by atoms with van der Waals surface area (Å²) in [6, 6.07) is 0. The van der Waals surface area contributed by atoms with Crippen molar-refractivity contribution >= 4 is 11.8 Å². The Kier molecular flexibility index (Phi) is 0.859. The van der Waals surface area contributed by atoms with E-state index in [2.05, 4.69) is 5.43 Å². The molecule has 54 valence electrons. The van der Waals surface area contributed by atoms with Crippen LogP contribution >= 0.6 is 0 Å². The number of fused-ring (bicyclic) bond motifs is 1. The Labute approximate surface area is 58.2 Å². The molecule has 2 amide bonds. The van der Waals surface area contributed by atoms with Gasteiger partial charge in [-0.15, -0.1) is 0 Å². The number of nitrogens with zero attached hydrogens (tertiary/aromatic N) is 1. The zero-order chi connectivity index (χ0) is 7.30. The van der Waals surface area contributed by atoms with Gasteiger partial charge in [0.1, 0.15) is 0 Å². The van der Waals surface area contributed by atoms with Gasteiger partial charge in [0.25, 0.3) is 0 Å². The van der Waals surface area contributed by atoms with E-state index in [1.54, 1.807) is 7.05 Å². The summed E-state index contributed by atoms with van der Waals surface area (Å²) in [6.07, 6.45) is 0.745. The number of amides is 2. The van der Waals surface area contributed by atoms with Crippen LogP contribution in [0.25, 0.3) is 0 Å². The van der Waals surface area contributed by atoms with Crippen LogP contribution in [-0.4, -0.2) is 23.9 Å². The maximum atomic E-state index is 11.0. The third kappa shape index (κ3) is 0.558. The Morgan fingerprint density at radius 2 is 2.20 bits per heavy atom. The number of nitrogens with one attached hydrogen (secondary N) is 1. The highest BCUT2D eigenvalue weighted by atomic mass is 16.2. The standard InChI is InChI=1S/C6H8N2O2/c1-8-6(10)4-2-3(4)5(9)7-8/h3-4H,2H2,1H3,(H,7,9)/t3-,4+/m1/s1. The van der Waals surface area contributed by atoms with E-state index in [9.17, 15) is 9.59 Å². The molecule has 0 aromatic carbocycles. The Hall–Kier alpha value is -1.06. The molecule has 2 aliphatic rings. The molecule has 1 saturated carbocycles. The van der Waals surface area contributed by atoms with Crippen molar-refractivity contribution in [3.63, 3.8) is 0 Å². The Morgan fingerprint density at radius 1 is 1.50 bits per heavy atom. The predicted octanol–water partition coefficient (Wildman–Crippen LogP) is -0.874. The largest absolute Gasteiger partial charge is 0.273 e. The van der Waals surface area contributed by atoms with Gasteiger partial charge in [-0.3, -0.25) is 20.0 Å².